The van der Waals surface area contributed by atoms with Crippen molar-refractivity contribution in [3.63, 3.8) is 0 Å². The van der Waals surface area contributed by atoms with Crippen molar-refractivity contribution in [2.75, 3.05) is 31.5 Å². The maximum Gasteiger partial charge on any atom is 0.212 e. The molecule has 4 N–H and O–H groups in total. The molecule has 0 saturated heterocycles. The number of aliphatic hydroxyl groups is 3. The summed E-state index contributed by atoms with van der Waals surface area (Å²) in [7, 11) is -3.70. The predicted octanol–water partition coefficient (Wildman–Crippen LogP) is -1.50. The molecule has 0 fully saturated rings. The van der Waals surface area contributed by atoms with Crippen LogP contribution in [0.15, 0.2) is 0 Å². The molecular weight excluding hydrogens is 258 g/mol. The Morgan fingerprint density at radius 3 is 2.00 bits per heavy atom. The summed E-state index contributed by atoms with van der Waals surface area (Å²) in [6.07, 6.45) is 0. The molecule has 0 radical (unpaired) electrons. The Labute approximate surface area is 100 Å². The molecule has 0 aliphatic heterocycles. The van der Waals surface area contributed by atoms with Crippen LogP contribution in [0.2, 0.25) is 0 Å². The van der Waals surface area contributed by atoms with Crippen molar-refractivity contribution in [1.29, 1.82) is 0 Å². The van der Waals surface area contributed by atoms with Crippen LogP contribution in [0.25, 0.3) is 0 Å². The molecule has 0 spiro atoms. The first-order valence-electron chi connectivity index (χ1n) is 4.75. The lowest BCUT2D eigenvalue weighted by atomic mass is 10.1. The van der Waals surface area contributed by atoms with E-state index >= 15 is 0 Å². The van der Waals surface area contributed by atoms with E-state index in [2.05, 4.69) is 4.72 Å². The molecule has 6 nitrogen and oxygen atoms in total. The van der Waals surface area contributed by atoms with E-state index in [1.807, 2.05) is 0 Å². The normalized spacial score (nSPS) is 15.1. The zero-order valence-corrected chi connectivity index (χ0v) is 10.6. The van der Waals surface area contributed by atoms with Gasteiger partial charge in [0.2, 0.25) is 10.0 Å². The van der Waals surface area contributed by atoms with Gasteiger partial charge in [-0.05, 0) is 5.92 Å². The summed E-state index contributed by atoms with van der Waals surface area (Å²) in [6, 6.07) is 0. The zero-order valence-electron chi connectivity index (χ0n) is 9.06. The number of sulfonamides is 1. The number of hydrogen-bond acceptors (Lipinski definition) is 5. The summed E-state index contributed by atoms with van der Waals surface area (Å²) in [5, 5.41) is 26.9. The van der Waals surface area contributed by atoms with E-state index in [9.17, 15) is 8.42 Å². The summed E-state index contributed by atoms with van der Waals surface area (Å²) in [6.45, 7) is -0.401. The third-order valence-electron chi connectivity index (χ3n) is 2.05. The molecule has 1 unspecified atom stereocenters. The van der Waals surface area contributed by atoms with Crippen molar-refractivity contribution in [1.82, 2.24) is 4.72 Å². The molecule has 0 bridgehead atoms. The van der Waals surface area contributed by atoms with Crippen molar-refractivity contribution in [3.05, 3.63) is 0 Å². The topological polar surface area (TPSA) is 107 Å². The van der Waals surface area contributed by atoms with Crippen LogP contribution >= 0.6 is 11.6 Å². The Bertz CT molecular complexity index is 283. The highest BCUT2D eigenvalue weighted by atomic mass is 35.5. The summed E-state index contributed by atoms with van der Waals surface area (Å²) in [5.74, 6) is -0.295. The van der Waals surface area contributed by atoms with Crippen molar-refractivity contribution in [2.24, 2.45) is 5.92 Å². The lowest BCUT2D eigenvalue weighted by Gasteiger charge is -2.28. The van der Waals surface area contributed by atoms with E-state index in [0.717, 1.165) is 0 Å². The van der Waals surface area contributed by atoms with Crippen molar-refractivity contribution in [2.45, 2.75) is 12.5 Å². The fraction of sp³-hybridized carbons (Fsp3) is 1.00. The molecule has 0 aliphatic rings. The maximum atomic E-state index is 11.6. The maximum absolute atomic E-state index is 11.6. The molecule has 8 heteroatoms. The van der Waals surface area contributed by atoms with Crippen molar-refractivity contribution >= 4 is 21.6 Å². The van der Waals surface area contributed by atoms with Gasteiger partial charge in [-0.1, -0.05) is 6.92 Å². The number of nitrogens with one attached hydrogen (secondary N) is 1. The largest absolute Gasteiger partial charge is 0.394 e. The molecule has 0 aromatic carbocycles. The Kier molecular flexibility index (Phi) is 6.76. The van der Waals surface area contributed by atoms with Crippen LogP contribution in [0, 0.1) is 5.92 Å². The highest BCUT2D eigenvalue weighted by molar-refractivity contribution is 7.89. The molecule has 0 amide bonds. The zero-order chi connectivity index (χ0) is 12.8. The Morgan fingerprint density at radius 1 is 1.25 bits per heavy atom. The van der Waals surface area contributed by atoms with E-state index in [1.54, 1.807) is 6.92 Å². The predicted molar refractivity (Wildman–Crippen MR) is 60.8 cm³/mol. The molecule has 0 aromatic heterocycles. The summed E-state index contributed by atoms with van der Waals surface area (Å²) < 4.78 is 25.3. The highest BCUT2D eigenvalue weighted by Crippen LogP contribution is 2.08. The van der Waals surface area contributed by atoms with Gasteiger partial charge in [-0.2, -0.15) is 0 Å². The molecule has 1 atom stereocenters. The number of halogens is 1. The van der Waals surface area contributed by atoms with Gasteiger partial charge in [0, 0.05) is 5.88 Å². The quantitative estimate of drug-likeness (QED) is 0.403. The van der Waals surface area contributed by atoms with Crippen LogP contribution in [0.3, 0.4) is 0 Å². The van der Waals surface area contributed by atoms with Crippen LogP contribution in [0.5, 0.6) is 0 Å². The molecule has 0 aromatic rings. The average molecular weight is 276 g/mol. The van der Waals surface area contributed by atoms with Gasteiger partial charge in [0.05, 0.1) is 25.6 Å². The van der Waals surface area contributed by atoms with Crippen LogP contribution < -0.4 is 4.72 Å². The lowest BCUT2D eigenvalue weighted by Crippen LogP contribution is -2.57. The van der Waals surface area contributed by atoms with E-state index in [-0.39, 0.29) is 17.6 Å². The first kappa shape index (κ1) is 16.1. The number of alkyl halides is 1. The average Bonchev–Trinajstić information content (AvgIpc) is 2.25. The monoisotopic (exact) mass is 275 g/mol. The minimum Gasteiger partial charge on any atom is -0.394 e. The molecule has 0 aliphatic carbocycles. The third kappa shape index (κ3) is 4.94. The summed E-state index contributed by atoms with van der Waals surface area (Å²) in [5.41, 5.74) is -1.62. The summed E-state index contributed by atoms with van der Waals surface area (Å²) in [4.78, 5) is 0. The first-order valence-corrected chi connectivity index (χ1v) is 6.93. The van der Waals surface area contributed by atoms with Gasteiger partial charge in [0.1, 0.15) is 5.54 Å². The Hall–Kier alpha value is 0.0800. The number of rotatable bonds is 8. The van der Waals surface area contributed by atoms with Gasteiger partial charge < -0.3 is 15.3 Å². The second kappa shape index (κ2) is 6.73. The van der Waals surface area contributed by atoms with E-state index in [0.29, 0.717) is 0 Å². The van der Waals surface area contributed by atoms with Gasteiger partial charge in [-0.15, -0.1) is 11.6 Å². The van der Waals surface area contributed by atoms with E-state index < -0.39 is 35.4 Å². The van der Waals surface area contributed by atoms with Gasteiger partial charge in [-0.25, -0.2) is 13.1 Å². The second-order valence-corrected chi connectivity index (χ2v) is 5.97. The van der Waals surface area contributed by atoms with Crippen molar-refractivity contribution in [3.8, 4) is 0 Å². The second-order valence-electron chi connectivity index (χ2n) is 3.90. The van der Waals surface area contributed by atoms with Crippen LogP contribution in [-0.2, 0) is 10.0 Å². The standard InChI is InChI=1S/C8H18ClNO5S/c1-7(2-9)3-16(14,15)10-8(4-11,5-12)6-13/h7,10-13H,2-6H2,1H3. The van der Waals surface area contributed by atoms with Gasteiger partial charge in [0.15, 0.2) is 0 Å². The SMILES string of the molecule is CC(CCl)CS(=O)(=O)NC(CO)(CO)CO. The molecule has 16 heavy (non-hydrogen) atoms. The van der Waals surface area contributed by atoms with Gasteiger partial charge >= 0.3 is 0 Å². The van der Waals surface area contributed by atoms with E-state index in [1.165, 1.54) is 0 Å². The Morgan fingerprint density at radius 2 is 1.69 bits per heavy atom. The minimum absolute atomic E-state index is 0.186. The lowest BCUT2D eigenvalue weighted by molar-refractivity contribution is 0.0581. The van der Waals surface area contributed by atoms with Crippen LogP contribution in [0.4, 0.5) is 0 Å². The molecule has 0 rings (SSSR count). The van der Waals surface area contributed by atoms with E-state index in [4.69, 9.17) is 26.9 Å². The van der Waals surface area contributed by atoms with Crippen LogP contribution in [-0.4, -0.2) is 60.7 Å². The first-order chi connectivity index (χ1) is 7.34. The molecular formula is C8H18ClNO5S. The number of aliphatic hydroxyl groups excluding tert-OH is 3. The van der Waals surface area contributed by atoms with Crippen LogP contribution in [0.1, 0.15) is 6.92 Å². The fourth-order valence-corrected chi connectivity index (χ4v) is 3.08. The number of hydrogen-bond donors (Lipinski definition) is 4. The summed E-state index contributed by atoms with van der Waals surface area (Å²) >= 11 is 5.49. The minimum atomic E-state index is -3.70. The van der Waals surface area contributed by atoms with Gasteiger partial charge in [-0.3, -0.25) is 0 Å². The molecule has 0 saturated carbocycles. The highest BCUT2D eigenvalue weighted by Gasteiger charge is 2.33. The molecule has 0 heterocycles. The Balaban J connectivity index is 4.67. The van der Waals surface area contributed by atoms with Crippen molar-refractivity contribution < 1.29 is 23.7 Å². The fourth-order valence-electron chi connectivity index (χ4n) is 1.04. The third-order valence-corrected chi connectivity index (χ3v) is 4.33. The molecule has 98 valence electrons. The van der Waals surface area contributed by atoms with Gasteiger partial charge in [0.25, 0.3) is 0 Å². The smallest absolute Gasteiger partial charge is 0.212 e.